The summed E-state index contributed by atoms with van der Waals surface area (Å²) in [5, 5.41) is 3.33. The molecule has 5 heteroatoms. The molecule has 1 aliphatic heterocycles. The minimum Gasteiger partial charge on any atom is -0.370 e. The van der Waals surface area contributed by atoms with Crippen molar-refractivity contribution in [1.29, 1.82) is 0 Å². The zero-order valence-electron chi connectivity index (χ0n) is 12.5. The summed E-state index contributed by atoms with van der Waals surface area (Å²) in [6.07, 6.45) is 1.73. The molecule has 1 aliphatic rings. The van der Waals surface area contributed by atoms with Gasteiger partial charge >= 0.3 is 0 Å². The number of hydrogen-bond donors (Lipinski definition) is 1. The Morgan fingerprint density at radius 3 is 2.65 bits per heavy atom. The summed E-state index contributed by atoms with van der Waals surface area (Å²) < 4.78 is 23.3. The van der Waals surface area contributed by atoms with Gasteiger partial charge in [0.2, 0.25) is 0 Å². The Labute approximate surface area is 122 Å². The van der Waals surface area contributed by atoms with Crippen LogP contribution in [0.1, 0.15) is 31.4 Å². The highest BCUT2D eigenvalue weighted by molar-refractivity contribution is 7.91. The van der Waals surface area contributed by atoms with Crippen molar-refractivity contribution in [3.05, 3.63) is 29.8 Å². The molecule has 2 unspecified atom stereocenters. The highest BCUT2D eigenvalue weighted by Crippen LogP contribution is 2.30. The minimum absolute atomic E-state index is 0.0931. The summed E-state index contributed by atoms with van der Waals surface area (Å²) >= 11 is 0. The van der Waals surface area contributed by atoms with Gasteiger partial charge in [0, 0.05) is 24.8 Å². The van der Waals surface area contributed by atoms with Gasteiger partial charge in [0.25, 0.3) is 0 Å². The van der Waals surface area contributed by atoms with Gasteiger partial charge in [-0.2, -0.15) is 0 Å². The monoisotopic (exact) mass is 296 g/mol. The third-order valence-electron chi connectivity index (χ3n) is 4.20. The van der Waals surface area contributed by atoms with Crippen molar-refractivity contribution in [2.24, 2.45) is 0 Å². The Morgan fingerprint density at radius 1 is 1.40 bits per heavy atom. The molecule has 1 aromatic rings. The van der Waals surface area contributed by atoms with E-state index in [9.17, 15) is 8.42 Å². The van der Waals surface area contributed by atoms with E-state index < -0.39 is 9.84 Å². The first kappa shape index (κ1) is 15.3. The quantitative estimate of drug-likeness (QED) is 0.902. The molecule has 0 amide bonds. The maximum atomic E-state index is 11.7. The number of sulfone groups is 1. The normalized spacial score (nSPS) is 22.6. The van der Waals surface area contributed by atoms with Gasteiger partial charge in [0.05, 0.1) is 11.5 Å². The fourth-order valence-electron chi connectivity index (χ4n) is 2.96. The van der Waals surface area contributed by atoms with Gasteiger partial charge < -0.3 is 10.2 Å². The van der Waals surface area contributed by atoms with E-state index in [2.05, 4.69) is 29.3 Å². The van der Waals surface area contributed by atoms with E-state index in [1.54, 1.807) is 0 Å². The van der Waals surface area contributed by atoms with Crippen LogP contribution in [0.15, 0.2) is 24.3 Å². The van der Waals surface area contributed by atoms with Gasteiger partial charge in [0.15, 0.2) is 9.84 Å². The lowest BCUT2D eigenvalue weighted by molar-refractivity contribution is 0.572. The lowest BCUT2D eigenvalue weighted by Gasteiger charge is -2.30. The zero-order chi connectivity index (χ0) is 14.8. The third kappa shape index (κ3) is 3.15. The molecule has 0 aliphatic carbocycles. The van der Waals surface area contributed by atoms with Crippen LogP contribution in [0.2, 0.25) is 0 Å². The van der Waals surface area contributed by atoms with Crippen LogP contribution in [0.3, 0.4) is 0 Å². The van der Waals surface area contributed by atoms with E-state index in [0.717, 1.165) is 18.5 Å². The minimum atomic E-state index is -2.85. The summed E-state index contributed by atoms with van der Waals surface area (Å²) in [5.74, 6) is 0.585. The fourth-order valence-corrected chi connectivity index (χ4v) is 4.73. The number of benzene rings is 1. The highest BCUT2D eigenvalue weighted by atomic mass is 32.2. The van der Waals surface area contributed by atoms with Crippen molar-refractivity contribution in [2.75, 3.05) is 30.5 Å². The summed E-state index contributed by atoms with van der Waals surface area (Å²) in [4.78, 5) is 2.14. The van der Waals surface area contributed by atoms with Gasteiger partial charge in [-0.1, -0.05) is 25.1 Å². The van der Waals surface area contributed by atoms with Gasteiger partial charge in [-0.3, -0.25) is 0 Å². The molecule has 2 atom stereocenters. The summed E-state index contributed by atoms with van der Waals surface area (Å²) in [5.41, 5.74) is 2.38. The van der Waals surface area contributed by atoms with E-state index in [4.69, 9.17) is 0 Å². The van der Waals surface area contributed by atoms with E-state index >= 15 is 0 Å². The maximum Gasteiger partial charge on any atom is 0.152 e. The molecule has 1 saturated heterocycles. The molecular formula is C15H24N2O2S. The van der Waals surface area contributed by atoms with Crippen LogP contribution in [0.25, 0.3) is 0 Å². The Hall–Kier alpha value is -1.07. The number of hydrogen-bond acceptors (Lipinski definition) is 4. The predicted octanol–water partition coefficient (Wildman–Crippen LogP) is 1.98. The van der Waals surface area contributed by atoms with Crippen molar-refractivity contribution in [3.8, 4) is 0 Å². The van der Waals surface area contributed by atoms with Crippen molar-refractivity contribution in [1.82, 2.24) is 5.32 Å². The number of anilines is 1. The lowest BCUT2D eigenvalue weighted by atomic mass is 10.0. The van der Waals surface area contributed by atoms with Crippen molar-refractivity contribution < 1.29 is 8.42 Å². The van der Waals surface area contributed by atoms with Crippen molar-refractivity contribution in [2.45, 2.75) is 31.8 Å². The molecule has 4 nitrogen and oxygen atoms in total. The van der Waals surface area contributed by atoms with Gasteiger partial charge in [-0.05, 0) is 31.5 Å². The molecular weight excluding hydrogens is 272 g/mol. The highest BCUT2D eigenvalue weighted by Gasteiger charge is 2.31. The van der Waals surface area contributed by atoms with Crippen LogP contribution >= 0.6 is 0 Å². The first-order valence-electron chi connectivity index (χ1n) is 7.18. The first-order valence-corrected chi connectivity index (χ1v) is 9.00. The summed E-state index contributed by atoms with van der Waals surface area (Å²) in [6.45, 7) is 2.15. The van der Waals surface area contributed by atoms with E-state index in [1.165, 1.54) is 5.56 Å². The number of nitrogens with zero attached hydrogens (tertiary/aromatic N) is 1. The number of nitrogens with one attached hydrogen (secondary N) is 1. The first-order chi connectivity index (χ1) is 9.48. The molecule has 0 bridgehead atoms. The number of rotatable bonds is 5. The van der Waals surface area contributed by atoms with Crippen molar-refractivity contribution >= 4 is 15.5 Å². The summed E-state index contributed by atoms with van der Waals surface area (Å²) in [6, 6.07) is 8.65. The molecule has 1 aromatic carbocycles. The van der Waals surface area contributed by atoms with Gasteiger partial charge in [0.1, 0.15) is 0 Å². The molecule has 2 rings (SSSR count). The third-order valence-corrected chi connectivity index (χ3v) is 5.96. The number of para-hydroxylation sites is 1. The lowest BCUT2D eigenvalue weighted by Crippen LogP contribution is -2.34. The maximum absolute atomic E-state index is 11.7. The largest absolute Gasteiger partial charge is 0.370 e. The van der Waals surface area contributed by atoms with Crippen LogP contribution in [-0.4, -0.2) is 40.1 Å². The summed E-state index contributed by atoms with van der Waals surface area (Å²) in [7, 11) is 1.12. The topological polar surface area (TPSA) is 49.4 Å². The van der Waals surface area contributed by atoms with Crippen molar-refractivity contribution in [3.63, 3.8) is 0 Å². The molecule has 20 heavy (non-hydrogen) atoms. The standard InChI is InChI=1S/C15H24N2O2S/c1-4-14(16-2)13-7-5-6-8-15(13)17(3)12-9-10-20(18,19)11-12/h5-8,12,14,16H,4,9-11H2,1-3H3. The second kappa shape index (κ2) is 6.14. The van der Waals surface area contributed by atoms with E-state index in [0.29, 0.717) is 11.8 Å². The van der Waals surface area contributed by atoms with E-state index in [1.807, 2.05) is 26.2 Å². The zero-order valence-corrected chi connectivity index (χ0v) is 13.3. The van der Waals surface area contributed by atoms with Gasteiger partial charge in [-0.15, -0.1) is 0 Å². The fraction of sp³-hybridized carbons (Fsp3) is 0.600. The van der Waals surface area contributed by atoms with Crippen LogP contribution in [0, 0.1) is 0 Å². The molecule has 1 N–H and O–H groups in total. The Bertz CT molecular complexity index is 553. The molecule has 0 radical (unpaired) electrons. The average molecular weight is 296 g/mol. The van der Waals surface area contributed by atoms with Gasteiger partial charge in [-0.25, -0.2) is 8.42 Å². The Kier molecular flexibility index (Phi) is 4.70. The molecule has 1 heterocycles. The van der Waals surface area contributed by atoms with E-state index in [-0.39, 0.29) is 11.8 Å². The Balaban J connectivity index is 2.28. The molecule has 0 saturated carbocycles. The second-order valence-corrected chi connectivity index (χ2v) is 7.70. The molecule has 112 valence electrons. The SMILES string of the molecule is CCC(NC)c1ccccc1N(C)C1CCS(=O)(=O)C1. The van der Waals surface area contributed by atoms with Crippen LogP contribution in [-0.2, 0) is 9.84 Å². The Morgan fingerprint density at radius 2 is 2.10 bits per heavy atom. The smallest absolute Gasteiger partial charge is 0.152 e. The van der Waals surface area contributed by atoms with Crippen LogP contribution in [0.5, 0.6) is 0 Å². The average Bonchev–Trinajstić information content (AvgIpc) is 2.80. The second-order valence-electron chi connectivity index (χ2n) is 5.48. The molecule has 1 fully saturated rings. The molecule has 0 aromatic heterocycles. The predicted molar refractivity (Wildman–Crippen MR) is 84.0 cm³/mol. The molecule has 0 spiro atoms. The van der Waals surface area contributed by atoms with Crippen LogP contribution < -0.4 is 10.2 Å². The van der Waals surface area contributed by atoms with Crippen LogP contribution in [0.4, 0.5) is 5.69 Å².